The zero-order chi connectivity index (χ0) is 11.8. The molecule has 16 heavy (non-hydrogen) atoms. The first-order valence-electron chi connectivity index (χ1n) is 5.23. The highest BCUT2D eigenvalue weighted by molar-refractivity contribution is 5.67. The van der Waals surface area contributed by atoms with Gasteiger partial charge >= 0.3 is 5.97 Å². The molecule has 1 N–H and O–H groups in total. The summed E-state index contributed by atoms with van der Waals surface area (Å²) in [5.74, 6) is -0.852. The summed E-state index contributed by atoms with van der Waals surface area (Å²) in [5, 5.41) is 8.80. The van der Waals surface area contributed by atoms with Crippen LogP contribution in [0.4, 0.5) is 0 Å². The average molecular weight is 220 g/mol. The zero-order valence-electron chi connectivity index (χ0n) is 9.30. The van der Waals surface area contributed by atoms with Gasteiger partial charge in [-0.2, -0.15) is 0 Å². The average Bonchev–Trinajstić information content (AvgIpc) is 2.29. The Labute approximate surface area is 95.4 Å². The Morgan fingerprint density at radius 1 is 1.44 bits per heavy atom. The fourth-order valence-electron chi connectivity index (χ4n) is 1.37. The van der Waals surface area contributed by atoms with Crippen LogP contribution in [-0.2, 0) is 9.53 Å². The van der Waals surface area contributed by atoms with Crippen LogP contribution >= 0.6 is 0 Å². The highest BCUT2D eigenvalue weighted by Crippen LogP contribution is 2.20. The predicted molar refractivity (Wildman–Crippen MR) is 62.2 cm³/mol. The third-order valence-corrected chi connectivity index (χ3v) is 2.16. The lowest BCUT2D eigenvalue weighted by atomic mass is 10.1. The SMILES string of the molecule is CC=CCOC(CC(=O)O)c1ccccc1. The normalized spacial score (nSPS) is 12.8. The predicted octanol–water partition coefficient (Wildman–Crippen LogP) is 2.80. The highest BCUT2D eigenvalue weighted by Gasteiger charge is 2.14. The van der Waals surface area contributed by atoms with Gasteiger partial charge in [0, 0.05) is 0 Å². The minimum Gasteiger partial charge on any atom is -0.481 e. The van der Waals surface area contributed by atoms with Crippen LogP contribution in [0.25, 0.3) is 0 Å². The van der Waals surface area contributed by atoms with Gasteiger partial charge in [0.1, 0.15) is 0 Å². The summed E-state index contributed by atoms with van der Waals surface area (Å²) in [6, 6.07) is 9.41. The van der Waals surface area contributed by atoms with Gasteiger partial charge in [-0.1, -0.05) is 42.5 Å². The molecule has 0 saturated heterocycles. The maximum Gasteiger partial charge on any atom is 0.306 e. The largest absolute Gasteiger partial charge is 0.481 e. The summed E-state index contributed by atoms with van der Waals surface area (Å²) in [4.78, 5) is 10.7. The van der Waals surface area contributed by atoms with Gasteiger partial charge in [0.15, 0.2) is 0 Å². The van der Waals surface area contributed by atoms with Crippen LogP contribution in [0.5, 0.6) is 0 Å². The van der Waals surface area contributed by atoms with Crippen molar-refractivity contribution < 1.29 is 14.6 Å². The van der Waals surface area contributed by atoms with Crippen molar-refractivity contribution in [1.82, 2.24) is 0 Å². The van der Waals surface area contributed by atoms with Crippen molar-refractivity contribution in [2.24, 2.45) is 0 Å². The number of carboxylic acids is 1. The molecule has 0 aliphatic carbocycles. The number of benzene rings is 1. The van der Waals surface area contributed by atoms with E-state index in [0.29, 0.717) is 6.61 Å². The van der Waals surface area contributed by atoms with Crippen LogP contribution in [0.15, 0.2) is 42.5 Å². The van der Waals surface area contributed by atoms with E-state index < -0.39 is 5.97 Å². The van der Waals surface area contributed by atoms with E-state index in [4.69, 9.17) is 9.84 Å². The topological polar surface area (TPSA) is 46.5 Å². The summed E-state index contributed by atoms with van der Waals surface area (Å²) in [6.07, 6.45) is 3.34. The molecule has 0 spiro atoms. The van der Waals surface area contributed by atoms with Crippen LogP contribution in [0.1, 0.15) is 25.0 Å². The lowest BCUT2D eigenvalue weighted by molar-refractivity contribution is -0.140. The Morgan fingerprint density at radius 3 is 2.69 bits per heavy atom. The molecule has 1 aromatic rings. The van der Waals surface area contributed by atoms with E-state index in [1.54, 1.807) is 0 Å². The summed E-state index contributed by atoms with van der Waals surface area (Å²) >= 11 is 0. The molecule has 1 atom stereocenters. The number of hydrogen-bond donors (Lipinski definition) is 1. The van der Waals surface area contributed by atoms with E-state index in [2.05, 4.69) is 0 Å². The highest BCUT2D eigenvalue weighted by atomic mass is 16.5. The monoisotopic (exact) mass is 220 g/mol. The quantitative estimate of drug-likeness (QED) is 0.750. The van der Waals surface area contributed by atoms with Crippen LogP contribution in [0, 0.1) is 0 Å². The van der Waals surface area contributed by atoms with Gasteiger partial charge in [0.2, 0.25) is 0 Å². The number of ether oxygens (including phenoxy) is 1. The second-order valence-corrected chi connectivity index (χ2v) is 3.40. The first-order chi connectivity index (χ1) is 7.74. The van der Waals surface area contributed by atoms with Crippen molar-refractivity contribution in [3.8, 4) is 0 Å². The molecule has 0 amide bonds. The van der Waals surface area contributed by atoms with Crippen molar-refractivity contribution in [2.75, 3.05) is 6.61 Å². The van der Waals surface area contributed by atoms with Gasteiger partial charge in [-0.15, -0.1) is 0 Å². The van der Waals surface area contributed by atoms with E-state index in [1.807, 2.05) is 49.4 Å². The molecule has 0 aromatic heterocycles. The van der Waals surface area contributed by atoms with Crippen molar-refractivity contribution in [1.29, 1.82) is 0 Å². The van der Waals surface area contributed by atoms with Crippen LogP contribution in [0.3, 0.4) is 0 Å². The fourth-order valence-corrected chi connectivity index (χ4v) is 1.37. The standard InChI is InChI=1S/C13H16O3/c1-2-3-9-16-12(10-13(14)15)11-7-5-4-6-8-11/h2-8,12H,9-10H2,1H3,(H,14,15). The maximum absolute atomic E-state index is 10.7. The summed E-state index contributed by atoms with van der Waals surface area (Å²) in [7, 11) is 0. The molecule has 0 bridgehead atoms. The number of aliphatic carboxylic acids is 1. The Morgan fingerprint density at radius 2 is 2.12 bits per heavy atom. The minimum absolute atomic E-state index is 0.0123. The molecule has 0 saturated carbocycles. The Hall–Kier alpha value is -1.61. The Bertz CT molecular complexity index is 343. The number of rotatable bonds is 6. The van der Waals surface area contributed by atoms with Gasteiger partial charge < -0.3 is 9.84 Å². The van der Waals surface area contributed by atoms with Crippen LogP contribution in [0.2, 0.25) is 0 Å². The maximum atomic E-state index is 10.7. The zero-order valence-corrected chi connectivity index (χ0v) is 9.30. The molecule has 0 aliphatic rings. The molecule has 0 heterocycles. The second kappa shape index (κ2) is 6.80. The Kier molecular flexibility index (Phi) is 5.29. The van der Waals surface area contributed by atoms with Gasteiger partial charge in [0.25, 0.3) is 0 Å². The van der Waals surface area contributed by atoms with E-state index in [0.717, 1.165) is 5.56 Å². The first kappa shape index (κ1) is 12.5. The number of carbonyl (C=O) groups is 1. The smallest absolute Gasteiger partial charge is 0.306 e. The molecule has 0 radical (unpaired) electrons. The molecular weight excluding hydrogens is 204 g/mol. The summed E-state index contributed by atoms with van der Waals surface area (Å²) in [5.41, 5.74) is 0.898. The van der Waals surface area contributed by atoms with E-state index in [1.165, 1.54) is 0 Å². The van der Waals surface area contributed by atoms with E-state index >= 15 is 0 Å². The molecule has 1 aromatic carbocycles. The molecule has 86 valence electrons. The van der Waals surface area contributed by atoms with Crippen LogP contribution in [-0.4, -0.2) is 17.7 Å². The third kappa shape index (κ3) is 4.28. The lowest BCUT2D eigenvalue weighted by Gasteiger charge is -2.15. The van der Waals surface area contributed by atoms with Crippen LogP contribution < -0.4 is 0 Å². The van der Waals surface area contributed by atoms with Gasteiger partial charge in [-0.3, -0.25) is 4.79 Å². The third-order valence-electron chi connectivity index (χ3n) is 2.16. The minimum atomic E-state index is -0.852. The number of carboxylic acid groups (broad SMARTS) is 1. The number of hydrogen-bond acceptors (Lipinski definition) is 2. The summed E-state index contributed by atoms with van der Waals surface area (Å²) in [6.45, 7) is 2.33. The Balaban J connectivity index is 2.67. The summed E-state index contributed by atoms with van der Waals surface area (Å²) < 4.78 is 5.51. The second-order valence-electron chi connectivity index (χ2n) is 3.40. The number of allylic oxidation sites excluding steroid dienone is 1. The van der Waals surface area contributed by atoms with Crippen molar-refractivity contribution in [3.05, 3.63) is 48.0 Å². The van der Waals surface area contributed by atoms with Gasteiger partial charge in [-0.05, 0) is 12.5 Å². The van der Waals surface area contributed by atoms with E-state index in [9.17, 15) is 4.79 Å². The molecule has 0 aliphatic heterocycles. The first-order valence-corrected chi connectivity index (χ1v) is 5.23. The van der Waals surface area contributed by atoms with Gasteiger partial charge in [-0.25, -0.2) is 0 Å². The molecule has 1 rings (SSSR count). The fraction of sp³-hybridized carbons (Fsp3) is 0.308. The van der Waals surface area contributed by atoms with Crippen molar-refractivity contribution in [2.45, 2.75) is 19.4 Å². The van der Waals surface area contributed by atoms with Crippen molar-refractivity contribution in [3.63, 3.8) is 0 Å². The van der Waals surface area contributed by atoms with Crippen molar-refractivity contribution >= 4 is 5.97 Å². The molecular formula is C13H16O3. The molecule has 1 unspecified atom stereocenters. The van der Waals surface area contributed by atoms with E-state index in [-0.39, 0.29) is 12.5 Å². The molecule has 0 fully saturated rings. The molecule has 3 nitrogen and oxygen atoms in total. The lowest BCUT2D eigenvalue weighted by Crippen LogP contribution is -2.10. The molecule has 3 heteroatoms. The van der Waals surface area contributed by atoms with Gasteiger partial charge in [0.05, 0.1) is 19.1 Å².